The van der Waals surface area contributed by atoms with E-state index < -0.39 is 17.3 Å². The highest BCUT2D eigenvalue weighted by Crippen LogP contribution is 2.42. The quantitative estimate of drug-likeness (QED) is 0.165. The van der Waals surface area contributed by atoms with Crippen molar-refractivity contribution in [2.24, 2.45) is 0 Å². The number of hydrogen-bond donors (Lipinski definition) is 1. The lowest BCUT2D eigenvalue weighted by atomic mass is 9.97. The average Bonchev–Trinajstić information content (AvgIpc) is 3.52. The highest BCUT2D eigenvalue weighted by Gasteiger charge is 2.30. The van der Waals surface area contributed by atoms with Crippen LogP contribution in [0.1, 0.15) is 49.7 Å². The lowest BCUT2D eigenvalue weighted by Gasteiger charge is -2.29. The number of carbonyl (C=O) groups is 3. The number of nitrogens with zero attached hydrogens (tertiary/aromatic N) is 5. The fourth-order valence-electron chi connectivity index (χ4n) is 5.83. The summed E-state index contributed by atoms with van der Waals surface area (Å²) in [6.07, 6.45) is 5.29. The number of methoxy groups -OCH3 is 1. The van der Waals surface area contributed by atoms with Crippen LogP contribution in [0.5, 0.6) is 5.88 Å². The second kappa shape index (κ2) is 14.5. The number of amides is 2. The van der Waals surface area contributed by atoms with Crippen LogP contribution in [0.2, 0.25) is 10.0 Å². The average molecular weight is 730 g/mol. The Morgan fingerprint density at radius 2 is 1.71 bits per heavy atom. The highest BCUT2D eigenvalue weighted by atomic mass is 35.5. The van der Waals surface area contributed by atoms with E-state index in [4.69, 9.17) is 37.7 Å². The summed E-state index contributed by atoms with van der Waals surface area (Å²) in [4.78, 5) is 63.9. The minimum Gasteiger partial charge on any atom is -0.480 e. The van der Waals surface area contributed by atoms with Crippen LogP contribution in [0.15, 0.2) is 71.9 Å². The van der Waals surface area contributed by atoms with E-state index in [0.717, 1.165) is 0 Å². The van der Waals surface area contributed by atoms with Crippen LogP contribution in [0, 0.1) is 0 Å². The van der Waals surface area contributed by atoms with Crippen molar-refractivity contribution >= 4 is 47.1 Å². The summed E-state index contributed by atoms with van der Waals surface area (Å²) >= 11 is 14.1. The molecule has 2 amide bonds. The molecule has 0 unspecified atom stereocenters. The third-order valence-electron chi connectivity index (χ3n) is 8.26. The van der Waals surface area contributed by atoms with Gasteiger partial charge in [0, 0.05) is 53.7 Å². The summed E-state index contributed by atoms with van der Waals surface area (Å²) in [7, 11) is 1.47. The Morgan fingerprint density at radius 1 is 1.02 bits per heavy atom. The maximum Gasteiger partial charge on any atom is 0.410 e. The van der Waals surface area contributed by atoms with Gasteiger partial charge in [0.05, 0.1) is 41.2 Å². The minimum absolute atomic E-state index is 0.0328. The van der Waals surface area contributed by atoms with Crippen molar-refractivity contribution in [2.75, 3.05) is 13.7 Å². The molecule has 4 heterocycles. The molecule has 262 valence electrons. The standard InChI is InChI=1S/C37H34Cl2N6O6/c1-37(2,3)51-36(49)44(18-23-11-12-31(47)42-23)19-29-34(50-4)43-28(17-40-29)27-10-6-9-26(33(27)39)25-8-5-7-24(32(25)38)21-13-14-45-30(15-21)41-16-22(20-46)35(45)48/h5-10,13-17,20,23H,11-12,18-19H2,1-4H3,(H,42,47)/t23-/m0/s1. The molecular formula is C37H34Cl2N6O6. The van der Waals surface area contributed by atoms with Crippen molar-refractivity contribution in [3.63, 3.8) is 0 Å². The normalized spacial score (nSPS) is 14.3. The van der Waals surface area contributed by atoms with E-state index in [1.165, 1.54) is 22.6 Å². The van der Waals surface area contributed by atoms with Gasteiger partial charge in [-0.2, -0.15) is 0 Å². The van der Waals surface area contributed by atoms with E-state index in [1.54, 1.807) is 45.3 Å². The summed E-state index contributed by atoms with van der Waals surface area (Å²) in [5.74, 6) is 0.138. The second-order valence-corrected chi connectivity index (χ2v) is 13.7. The molecule has 14 heteroatoms. The van der Waals surface area contributed by atoms with Crippen molar-refractivity contribution in [1.82, 2.24) is 29.6 Å². The van der Waals surface area contributed by atoms with Crippen LogP contribution >= 0.6 is 23.2 Å². The van der Waals surface area contributed by atoms with Gasteiger partial charge in [0.25, 0.3) is 5.56 Å². The fourth-order valence-corrected chi connectivity index (χ4v) is 6.49. The van der Waals surface area contributed by atoms with Gasteiger partial charge in [-0.25, -0.2) is 14.8 Å². The van der Waals surface area contributed by atoms with Crippen molar-refractivity contribution < 1.29 is 23.9 Å². The number of rotatable bonds is 9. The van der Waals surface area contributed by atoms with Crippen molar-refractivity contribution in [2.45, 2.75) is 51.8 Å². The number of benzene rings is 2. The minimum atomic E-state index is -0.728. The zero-order valence-corrected chi connectivity index (χ0v) is 29.8. The van der Waals surface area contributed by atoms with Crippen LogP contribution in [0.3, 0.4) is 0 Å². The van der Waals surface area contributed by atoms with Gasteiger partial charge in [0.15, 0.2) is 6.29 Å². The molecule has 1 atom stereocenters. The second-order valence-electron chi connectivity index (χ2n) is 13.0. The van der Waals surface area contributed by atoms with E-state index in [-0.39, 0.29) is 36.5 Å². The SMILES string of the molecule is COc1nc(-c2cccc(-c3cccc(-c4ccn5c(=O)c(C=O)cnc5c4)c3Cl)c2Cl)cnc1CN(C[C@@H]1CCC(=O)N1)C(=O)OC(C)(C)C. The van der Waals surface area contributed by atoms with Gasteiger partial charge in [-0.05, 0) is 44.9 Å². The smallest absolute Gasteiger partial charge is 0.410 e. The molecule has 0 bridgehead atoms. The Balaban J connectivity index is 1.32. The monoisotopic (exact) mass is 728 g/mol. The third kappa shape index (κ3) is 7.57. The zero-order valence-electron chi connectivity index (χ0n) is 28.3. The van der Waals surface area contributed by atoms with E-state index in [9.17, 15) is 19.2 Å². The van der Waals surface area contributed by atoms with Crippen LogP contribution in [-0.2, 0) is 16.1 Å². The van der Waals surface area contributed by atoms with Gasteiger partial charge in [0.2, 0.25) is 11.8 Å². The van der Waals surface area contributed by atoms with Crippen LogP contribution < -0.4 is 15.6 Å². The largest absolute Gasteiger partial charge is 0.480 e. The van der Waals surface area contributed by atoms with Crippen molar-refractivity contribution in [1.29, 1.82) is 0 Å². The lowest BCUT2D eigenvalue weighted by molar-refractivity contribution is -0.119. The molecule has 1 saturated heterocycles. The molecule has 5 aromatic rings. The van der Waals surface area contributed by atoms with Crippen molar-refractivity contribution in [3.8, 4) is 39.4 Å². The number of ether oxygens (including phenoxy) is 2. The molecule has 1 aliphatic rings. The van der Waals surface area contributed by atoms with Gasteiger partial charge in [-0.1, -0.05) is 59.6 Å². The first-order valence-corrected chi connectivity index (χ1v) is 16.8. The molecule has 2 aromatic carbocycles. The highest BCUT2D eigenvalue weighted by molar-refractivity contribution is 6.39. The Kier molecular flexibility index (Phi) is 10.1. The van der Waals surface area contributed by atoms with E-state index in [1.807, 2.05) is 36.4 Å². The molecule has 12 nitrogen and oxygen atoms in total. The van der Waals surface area contributed by atoms with Crippen LogP contribution in [0.4, 0.5) is 4.79 Å². The Morgan fingerprint density at radius 3 is 2.35 bits per heavy atom. The van der Waals surface area contributed by atoms with Gasteiger partial charge < -0.3 is 19.7 Å². The van der Waals surface area contributed by atoms with Crippen LogP contribution in [-0.4, -0.2) is 67.8 Å². The topological polar surface area (TPSA) is 145 Å². The van der Waals surface area contributed by atoms with E-state index >= 15 is 0 Å². The molecule has 51 heavy (non-hydrogen) atoms. The maximum atomic E-state index is 13.2. The summed E-state index contributed by atoms with van der Waals surface area (Å²) in [6, 6.07) is 14.3. The summed E-state index contributed by atoms with van der Waals surface area (Å²) in [5, 5.41) is 3.70. The number of aldehydes is 1. The molecule has 3 aromatic heterocycles. The molecule has 1 aliphatic heterocycles. The molecule has 0 radical (unpaired) electrons. The fraction of sp³-hybridized carbons (Fsp3) is 0.270. The first kappa shape index (κ1) is 35.5. The predicted octanol–water partition coefficient (Wildman–Crippen LogP) is 6.63. The molecular weight excluding hydrogens is 695 g/mol. The predicted molar refractivity (Wildman–Crippen MR) is 193 cm³/mol. The van der Waals surface area contributed by atoms with Crippen molar-refractivity contribution in [3.05, 3.63) is 98.8 Å². The molecule has 0 aliphatic carbocycles. The Labute approximate surface area is 303 Å². The molecule has 1 fully saturated rings. The molecule has 0 saturated carbocycles. The number of pyridine rings is 1. The number of carbonyl (C=O) groups excluding carboxylic acids is 3. The summed E-state index contributed by atoms with van der Waals surface area (Å²) in [6.45, 7) is 5.62. The Hall–Kier alpha value is -5.33. The van der Waals surface area contributed by atoms with E-state index in [0.29, 0.717) is 74.0 Å². The van der Waals surface area contributed by atoms with E-state index in [2.05, 4.69) is 15.3 Å². The van der Waals surface area contributed by atoms with Gasteiger partial charge in [0.1, 0.15) is 16.9 Å². The number of halogens is 2. The molecule has 0 spiro atoms. The number of aromatic nitrogens is 4. The van der Waals surface area contributed by atoms with Gasteiger partial charge in [-0.3, -0.25) is 23.8 Å². The summed E-state index contributed by atoms with van der Waals surface area (Å²) < 4.78 is 12.6. The number of hydrogen-bond acceptors (Lipinski definition) is 9. The van der Waals surface area contributed by atoms with Gasteiger partial charge >= 0.3 is 6.09 Å². The lowest BCUT2D eigenvalue weighted by Crippen LogP contribution is -2.44. The third-order valence-corrected chi connectivity index (χ3v) is 9.08. The first-order valence-electron chi connectivity index (χ1n) is 16.1. The molecule has 6 rings (SSSR count). The molecule has 1 N–H and O–H groups in total. The zero-order chi connectivity index (χ0) is 36.4. The maximum absolute atomic E-state index is 13.2. The Bertz CT molecular complexity index is 2230. The number of nitrogens with one attached hydrogen (secondary N) is 1. The number of fused-ring (bicyclic) bond motifs is 1. The summed E-state index contributed by atoms with van der Waals surface area (Å²) in [5.41, 5.74) is 3.24. The van der Waals surface area contributed by atoms with Crippen LogP contribution in [0.25, 0.3) is 39.2 Å². The first-order chi connectivity index (χ1) is 24.4. The van der Waals surface area contributed by atoms with Gasteiger partial charge in [-0.15, -0.1) is 0 Å².